The second-order valence-electron chi connectivity index (χ2n) is 9.98. The number of carbonyl (C=O) groups is 1. The number of methoxy groups -OCH3 is 1. The average molecular weight is 559 g/mol. The monoisotopic (exact) mass is 557 g/mol. The zero-order valence-electron chi connectivity index (χ0n) is 21.6. The molecule has 2 aliphatic rings. The summed E-state index contributed by atoms with van der Waals surface area (Å²) in [6.45, 7) is 5.87. The molecule has 1 fully saturated rings. The van der Waals surface area contributed by atoms with Gasteiger partial charge in [0.15, 0.2) is 0 Å². The number of rotatable bonds is 6. The van der Waals surface area contributed by atoms with Crippen LogP contribution >= 0.6 is 24.0 Å². The lowest BCUT2D eigenvalue weighted by molar-refractivity contribution is 0.104. The van der Waals surface area contributed by atoms with E-state index in [1.54, 1.807) is 0 Å². The summed E-state index contributed by atoms with van der Waals surface area (Å²) in [6, 6.07) is 23.3. The average Bonchev–Trinajstić information content (AvgIpc) is 2.93. The van der Waals surface area contributed by atoms with Crippen molar-refractivity contribution in [2.75, 3.05) is 51.3 Å². The van der Waals surface area contributed by atoms with Crippen LogP contribution in [0.5, 0.6) is 0 Å². The molecule has 2 aliphatic heterocycles. The van der Waals surface area contributed by atoms with E-state index in [9.17, 15) is 9.18 Å². The van der Waals surface area contributed by atoms with E-state index in [-0.39, 0.29) is 29.7 Å². The molecule has 1 saturated heterocycles. The Kier molecular flexibility index (Phi) is 9.19. The molecule has 3 aromatic rings. The third-order valence-electron chi connectivity index (χ3n) is 7.83. The number of halogens is 3. The summed E-state index contributed by atoms with van der Waals surface area (Å²) < 4.78 is 18.4. The maximum atomic E-state index is 13.3. The molecule has 3 aromatic carbocycles. The van der Waals surface area contributed by atoms with Crippen LogP contribution in [-0.2, 0) is 16.7 Å². The predicted octanol–water partition coefficient (Wildman–Crippen LogP) is 6.37. The molecule has 0 aliphatic carbocycles. The Labute approximate surface area is 235 Å². The normalized spacial score (nSPS) is 19.4. The zero-order valence-corrected chi connectivity index (χ0v) is 23.2. The first-order valence-corrected chi connectivity index (χ1v) is 13.3. The van der Waals surface area contributed by atoms with E-state index in [0.29, 0.717) is 18.1 Å². The maximum Gasteiger partial charge on any atom is 0.409 e. The Morgan fingerprint density at radius 3 is 2.34 bits per heavy atom. The molecule has 1 unspecified atom stereocenters. The van der Waals surface area contributed by atoms with Gasteiger partial charge in [-0.3, -0.25) is 4.90 Å². The van der Waals surface area contributed by atoms with E-state index in [1.807, 2.05) is 35.2 Å². The number of benzene rings is 3. The fourth-order valence-electron chi connectivity index (χ4n) is 5.92. The van der Waals surface area contributed by atoms with Gasteiger partial charge >= 0.3 is 6.09 Å². The first-order valence-electron chi connectivity index (χ1n) is 12.9. The smallest absolute Gasteiger partial charge is 0.409 e. The van der Waals surface area contributed by atoms with Crippen LogP contribution in [0.1, 0.15) is 29.5 Å². The van der Waals surface area contributed by atoms with Gasteiger partial charge in [0.05, 0.1) is 7.11 Å². The number of ether oxygens (including phenoxy) is 1. The molecule has 0 aromatic heterocycles. The summed E-state index contributed by atoms with van der Waals surface area (Å²) in [5, 5.41) is 0.701. The summed E-state index contributed by atoms with van der Waals surface area (Å²) in [7, 11) is 1.44. The van der Waals surface area contributed by atoms with Gasteiger partial charge in [-0.25, -0.2) is 9.18 Å². The molecule has 5 rings (SSSR count). The first-order chi connectivity index (χ1) is 18.0. The lowest BCUT2D eigenvalue weighted by Crippen LogP contribution is -2.49. The lowest BCUT2D eigenvalue weighted by atomic mass is 9.67. The summed E-state index contributed by atoms with van der Waals surface area (Å²) in [5.74, 6) is -0.202. The van der Waals surface area contributed by atoms with Gasteiger partial charge in [-0.05, 0) is 72.5 Å². The zero-order chi connectivity index (χ0) is 25.8. The van der Waals surface area contributed by atoms with Crippen LogP contribution < -0.4 is 4.90 Å². The van der Waals surface area contributed by atoms with Crippen molar-refractivity contribution in [1.29, 1.82) is 0 Å². The Balaban J connectivity index is 0.00000336. The van der Waals surface area contributed by atoms with E-state index in [4.69, 9.17) is 16.3 Å². The van der Waals surface area contributed by atoms with E-state index in [0.717, 1.165) is 56.8 Å². The van der Waals surface area contributed by atoms with Crippen molar-refractivity contribution >= 4 is 35.8 Å². The van der Waals surface area contributed by atoms with Gasteiger partial charge < -0.3 is 14.5 Å². The van der Waals surface area contributed by atoms with Crippen molar-refractivity contribution in [3.63, 3.8) is 0 Å². The molecule has 8 heteroatoms. The number of piperazine rings is 1. The van der Waals surface area contributed by atoms with Gasteiger partial charge in [-0.15, -0.1) is 12.4 Å². The second-order valence-corrected chi connectivity index (χ2v) is 10.4. The first kappa shape index (κ1) is 28.2. The second kappa shape index (κ2) is 12.4. The SMILES string of the molecule is COC(=O)N1Cc2ccccc2C(CCCN2CCN(c3ccc(F)cc3)CC2)(c2ccc(Cl)cc2)C1.Cl. The third kappa shape index (κ3) is 5.93. The molecule has 5 nitrogen and oxygen atoms in total. The Morgan fingerprint density at radius 2 is 1.66 bits per heavy atom. The predicted molar refractivity (Wildman–Crippen MR) is 153 cm³/mol. The van der Waals surface area contributed by atoms with Crippen molar-refractivity contribution in [3.05, 3.63) is 100 Å². The lowest BCUT2D eigenvalue weighted by Gasteiger charge is -2.45. The summed E-state index contributed by atoms with van der Waals surface area (Å²) in [4.78, 5) is 19.3. The fourth-order valence-corrected chi connectivity index (χ4v) is 6.04. The number of carbonyl (C=O) groups excluding carboxylic acids is 1. The van der Waals surface area contributed by atoms with Crippen molar-refractivity contribution in [3.8, 4) is 0 Å². The van der Waals surface area contributed by atoms with Crippen LogP contribution in [0.15, 0.2) is 72.8 Å². The van der Waals surface area contributed by atoms with Crippen LogP contribution in [0, 0.1) is 5.82 Å². The summed E-state index contributed by atoms with van der Waals surface area (Å²) in [5.41, 5.74) is 4.33. The quantitative estimate of drug-likeness (QED) is 0.352. The van der Waals surface area contributed by atoms with Crippen molar-refractivity contribution in [2.45, 2.75) is 24.8 Å². The van der Waals surface area contributed by atoms with E-state index < -0.39 is 0 Å². The van der Waals surface area contributed by atoms with Gasteiger partial charge in [-0.2, -0.15) is 0 Å². The Hall–Kier alpha value is -2.80. The van der Waals surface area contributed by atoms with Crippen molar-refractivity contribution in [2.24, 2.45) is 0 Å². The minimum atomic E-state index is -0.344. The highest BCUT2D eigenvalue weighted by molar-refractivity contribution is 6.30. The Bertz CT molecular complexity index is 1220. The molecule has 0 spiro atoms. The molecule has 0 N–H and O–H groups in total. The molecular weight excluding hydrogens is 524 g/mol. The molecule has 0 bridgehead atoms. The molecule has 2 heterocycles. The minimum absolute atomic E-state index is 0. The molecule has 0 radical (unpaired) electrons. The molecule has 1 atom stereocenters. The Morgan fingerprint density at radius 1 is 0.974 bits per heavy atom. The highest BCUT2D eigenvalue weighted by Gasteiger charge is 2.42. The van der Waals surface area contributed by atoms with E-state index >= 15 is 0 Å². The number of hydrogen-bond acceptors (Lipinski definition) is 4. The number of fused-ring (bicyclic) bond motifs is 1. The van der Waals surface area contributed by atoms with Gasteiger partial charge in [0.1, 0.15) is 5.82 Å². The number of anilines is 1. The number of nitrogens with zero attached hydrogens (tertiary/aromatic N) is 3. The van der Waals surface area contributed by atoms with Crippen LogP contribution in [0.2, 0.25) is 5.02 Å². The maximum absolute atomic E-state index is 13.3. The van der Waals surface area contributed by atoms with Crippen LogP contribution in [0.3, 0.4) is 0 Å². The molecular formula is C30H34Cl2FN3O2. The molecule has 1 amide bonds. The topological polar surface area (TPSA) is 36.0 Å². The highest BCUT2D eigenvalue weighted by atomic mass is 35.5. The largest absolute Gasteiger partial charge is 0.453 e. The standard InChI is InChI=1S/C30H33ClFN3O2.ClH/c1-37-29(36)35-21-23-5-2-3-6-28(23)30(22-35,24-7-9-25(31)10-8-24)15-4-16-33-17-19-34(20-18-33)27-13-11-26(32)12-14-27;/h2-3,5-14H,4,15-22H2,1H3;1H. The highest BCUT2D eigenvalue weighted by Crippen LogP contribution is 2.43. The van der Waals surface area contributed by atoms with Gasteiger partial charge in [0, 0.05) is 55.4 Å². The molecule has 38 heavy (non-hydrogen) atoms. The number of hydrogen-bond donors (Lipinski definition) is 0. The molecule has 202 valence electrons. The van der Waals surface area contributed by atoms with Crippen LogP contribution in [-0.4, -0.2) is 62.3 Å². The van der Waals surface area contributed by atoms with E-state index in [2.05, 4.69) is 40.1 Å². The minimum Gasteiger partial charge on any atom is -0.453 e. The number of amides is 1. The third-order valence-corrected chi connectivity index (χ3v) is 8.08. The van der Waals surface area contributed by atoms with Gasteiger partial charge in [0.25, 0.3) is 0 Å². The van der Waals surface area contributed by atoms with E-state index in [1.165, 1.54) is 30.4 Å². The summed E-state index contributed by atoms with van der Waals surface area (Å²) in [6.07, 6.45) is 1.59. The van der Waals surface area contributed by atoms with Crippen molar-refractivity contribution < 1.29 is 13.9 Å². The summed E-state index contributed by atoms with van der Waals surface area (Å²) >= 11 is 6.25. The molecule has 0 saturated carbocycles. The van der Waals surface area contributed by atoms with Gasteiger partial charge in [-0.1, -0.05) is 48.0 Å². The van der Waals surface area contributed by atoms with Crippen LogP contribution in [0.25, 0.3) is 0 Å². The fraction of sp³-hybridized carbons (Fsp3) is 0.367. The van der Waals surface area contributed by atoms with Crippen molar-refractivity contribution in [1.82, 2.24) is 9.80 Å². The van der Waals surface area contributed by atoms with Gasteiger partial charge in [0.2, 0.25) is 0 Å². The van der Waals surface area contributed by atoms with Crippen LogP contribution in [0.4, 0.5) is 14.9 Å².